The molecule has 1 aromatic heterocycles. The summed E-state index contributed by atoms with van der Waals surface area (Å²) in [6, 6.07) is 14.6. The van der Waals surface area contributed by atoms with E-state index < -0.39 is 0 Å². The number of nitrogens with one attached hydrogen (secondary N) is 1. The van der Waals surface area contributed by atoms with Crippen LogP contribution in [0.4, 0.5) is 0 Å². The topological polar surface area (TPSA) is 62.3 Å². The fraction of sp³-hybridized carbons (Fsp3) is 0.250. The van der Waals surface area contributed by atoms with E-state index in [0.717, 1.165) is 15.2 Å². The van der Waals surface area contributed by atoms with Gasteiger partial charge in [0.15, 0.2) is 0 Å². The number of hydrogen-bond donors (Lipinski definition) is 1. The first-order valence-corrected chi connectivity index (χ1v) is 9.80. The normalized spacial score (nSPS) is 12.0. The zero-order chi connectivity index (χ0) is 19.4. The number of para-hydroxylation sites is 1. The van der Waals surface area contributed by atoms with E-state index in [1.807, 2.05) is 31.2 Å². The lowest BCUT2D eigenvalue weighted by molar-refractivity contribution is -0.131. The largest absolute Gasteiger partial charge is 0.351 e. The Balaban J connectivity index is 1.55. The van der Waals surface area contributed by atoms with Gasteiger partial charge < -0.3 is 10.2 Å². The second-order valence-electron chi connectivity index (χ2n) is 6.19. The summed E-state index contributed by atoms with van der Waals surface area (Å²) >= 11 is 7.60. The highest BCUT2D eigenvalue weighted by atomic mass is 35.5. The molecule has 0 bridgehead atoms. The number of nitrogens with zero attached hydrogens (tertiary/aromatic N) is 2. The molecule has 1 atom stereocenters. The summed E-state index contributed by atoms with van der Waals surface area (Å²) in [7, 11) is 1.76. The van der Waals surface area contributed by atoms with Crippen LogP contribution >= 0.6 is 22.9 Å². The minimum Gasteiger partial charge on any atom is -0.351 e. The van der Waals surface area contributed by atoms with E-state index in [9.17, 15) is 9.59 Å². The van der Waals surface area contributed by atoms with Crippen LogP contribution in [0.15, 0.2) is 48.5 Å². The van der Waals surface area contributed by atoms with E-state index >= 15 is 0 Å². The minimum absolute atomic E-state index is 0.0544. The van der Waals surface area contributed by atoms with Crippen LogP contribution in [0.3, 0.4) is 0 Å². The lowest BCUT2D eigenvalue weighted by atomic mass is 10.2. The van der Waals surface area contributed by atoms with Crippen molar-refractivity contribution < 1.29 is 9.59 Å². The van der Waals surface area contributed by atoms with Gasteiger partial charge in [0.25, 0.3) is 5.91 Å². The van der Waals surface area contributed by atoms with Gasteiger partial charge >= 0.3 is 0 Å². The van der Waals surface area contributed by atoms with E-state index in [1.54, 1.807) is 47.5 Å². The molecule has 0 aliphatic carbocycles. The Kier molecular flexibility index (Phi) is 6.08. The van der Waals surface area contributed by atoms with Gasteiger partial charge in [-0.3, -0.25) is 9.59 Å². The van der Waals surface area contributed by atoms with Gasteiger partial charge in [-0.25, -0.2) is 4.98 Å². The van der Waals surface area contributed by atoms with Crippen molar-refractivity contribution >= 4 is 45.0 Å². The van der Waals surface area contributed by atoms with Gasteiger partial charge in [-0.15, -0.1) is 11.3 Å². The van der Waals surface area contributed by atoms with Crippen LogP contribution in [0.25, 0.3) is 10.2 Å². The van der Waals surface area contributed by atoms with Crippen molar-refractivity contribution in [3.8, 4) is 0 Å². The van der Waals surface area contributed by atoms with Crippen molar-refractivity contribution in [2.75, 3.05) is 13.6 Å². The maximum atomic E-state index is 12.5. The van der Waals surface area contributed by atoms with Crippen LogP contribution in [0.5, 0.6) is 0 Å². The molecule has 3 rings (SSSR count). The fourth-order valence-corrected chi connectivity index (χ4v) is 3.93. The quantitative estimate of drug-likeness (QED) is 0.670. The molecule has 0 fully saturated rings. The Morgan fingerprint density at radius 3 is 2.63 bits per heavy atom. The lowest BCUT2D eigenvalue weighted by Crippen LogP contribution is -2.33. The van der Waals surface area contributed by atoms with Crippen molar-refractivity contribution in [2.24, 2.45) is 0 Å². The third kappa shape index (κ3) is 4.46. The van der Waals surface area contributed by atoms with Gasteiger partial charge in [-0.2, -0.15) is 0 Å². The molecule has 0 radical (unpaired) electrons. The number of hydrogen-bond acceptors (Lipinski definition) is 4. The van der Waals surface area contributed by atoms with Crippen LogP contribution in [0, 0.1) is 0 Å². The standard InChI is InChI=1S/C20H20ClN3O2S/c1-13(20-23-16-9-5-6-10-17(16)27-20)24(2)18(25)11-12-22-19(26)14-7-3-4-8-15(14)21/h3-10,13H,11-12H2,1-2H3,(H,22,26)/t13-/m1/s1. The summed E-state index contributed by atoms with van der Waals surface area (Å²) in [6.07, 6.45) is 0.210. The number of aromatic nitrogens is 1. The molecule has 0 saturated carbocycles. The first kappa shape index (κ1) is 19.3. The van der Waals surface area contributed by atoms with E-state index in [4.69, 9.17) is 11.6 Å². The second-order valence-corrected chi connectivity index (χ2v) is 7.66. The number of carbonyl (C=O) groups is 2. The van der Waals surface area contributed by atoms with Gasteiger partial charge in [-0.1, -0.05) is 35.9 Å². The molecule has 2 aromatic carbocycles. The lowest BCUT2D eigenvalue weighted by Gasteiger charge is -2.23. The zero-order valence-electron chi connectivity index (χ0n) is 15.1. The molecule has 3 aromatic rings. The number of carbonyl (C=O) groups excluding carboxylic acids is 2. The highest BCUT2D eigenvalue weighted by Crippen LogP contribution is 2.29. The number of halogens is 1. The first-order valence-electron chi connectivity index (χ1n) is 8.61. The molecule has 7 heteroatoms. The van der Waals surface area contributed by atoms with Crippen LogP contribution in [-0.2, 0) is 4.79 Å². The molecule has 1 N–H and O–H groups in total. The Hall–Kier alpha value is -2.44. The predicted molar refractivity (Wildman–Crippen MR) is 109 cm³/mol. The average molecular weight is 402 g/mol. The van der Waals surface area contributed by atoms with Crippen LogP contribution in [0.1, 0.15) is 34.8 Å². The summed E-state index contributed by atoms with van der Waals surface area (Å²) < 4.78 is 1.10. The number of benzene rings is 2. The molecule has 0 unspecified atom stereocenters. The highest BCUT2D eigenvalue weighted by molar-refractivity contribution is 7.18. The Morgan fingerprint density at radius 2 is 1.89 bits per heavy atom. The van der Waals surface area contributed by atoms with Gasteiger partial charge in [-0.05, 0) is 31.2 Å². The fourth-order valence-electron chi connectivity index (χ4n) is 2.65. The molecule has 1 heterocycles. The molecule has 2 amide bonds. The smallest absolute Gasteiger partial charge is 0.252 e. The van der Waals surface area contributed by atoms with Crippen LogP contribution in [0.2, 0.25) is 5.02 Å². The van der Waals surface area contributed by atoms with Crippen LogP contribution in [-0.4, -0.2) is 35.3 Å². The summed E-state index contributed by atoms with van der Waals surface area (Å²) in [5.74, 6) is -0.337. The number of fused-ring (bicyclic) bond motifs is 1. The maximum absolute atomic E-state index is 12.5. The third-order valence-corrected chi connectivity index (χ3v) is 5.92. The van der Waals surface area contributed by atoms with E-state index in [1.165, 1.54) is 0 Å². The average Bonchev–Trinajstić information content (AvgIpc) is 3.11. The first-order chi connectivity index (χ1) is 13.0. The molecule has 140 valence electrons. The van der Waals surface area contributed by atoms with E-state index in [2.05, 4.69) is 10.3 Å². The Bertz CT molecular complexity index is 940. The highest BCUT2D eigenvalue weighted by Gasteiger charge is 2.20. The number of rotatable bonds is 6. The van der Waals surface area contributed by atoms with E-state index in [-0.39, 0.29) is 30.8 Å². The molecule has 0 saturated heterocycles. The second kappa shape index (κ2) is 8.50. The van der Waals surface area contributed by atoms with Crippen molar-refractivity contribution in [1.82, 2.24) is 15.2 Å². The van der Waals surface area contributed by atoms with Crippen molar-refractivity contribution in [2.45, 2.75) is 19.4 Å². The van der Waals surface area contributed by atoms with Gasteiger partial charge in [0, 0.05) is 20.0 Å². The number of thiazole rings is 1. The zero-order valence-corrected chi connectivity index (χ0v) is 16.7. The van der Waals surface area contributed by atoms with Gasteiger partial charge in [0.05, 0.1) is 26.8 Å². The Morgan fingerprint density at radius 1 is 1.19 bits per heavy atom. The monoisotopic (exact) mass is 401 g/mol. The maximum Gasteiger partial charge on any atom is 0.252 e. The summed E-state index contributed by atoms with van der Waals surface area (Å²) in [5, 5.41) is 4.03. The minimum atomic E-state index is -0.282. The van der Waals surface area contributed by atoms with Crippen molar-refractivity contribution in [3.05, 3.63) is 64.1 Å². The third-order valence-electron chi connectivity index (χ3n) is 4.39. The molecule has 27 heavy (non-hydrogen) atoms. The summed E-state index contributed by atoms with van der Waals surface area (Å²) in [5.41, 5.74) is 1.35. The molecule has 5 nitrogen and oxygen atoms in total. The Labute approximate surface area is 167 Å². The SMILES string of the molecule is C[C@H](c1nc2ccccc2s1)N(C)C(=O)CCNC(=O)c1ccccc1Cl. The van der Waals surface area contributed by atoms with Crippen LogP contribution < -0.4 is 5.32 Å². The molecule has 0 aliphatic heterocycles. The molecular weight excluding hydrogens is 382 g/mol. The molecule has 0 spiro atoms. The van der Waals surface area contributed by atoms with Crippen molar-refractivity contribution in [3.63, 3.8) is 0 Å². The van der Waals surface area contributed by atoms with Crippen molar-refractivity contribution in [1.29, 1.82) is 0 Å². The molecule has 0 aliphatic rings. The predicted octanol–water partition coefficient (Wildman–Crippen LogP) is 4.29. The van der Waals surface area contributed by atoms with Gasteiger partial charge in [0.1, 0.15) is 5.01 Å². The summed E-state index contributed by atoms with van der Waals surface area (Å²) in [4.78, 5) is 30.9. The number of amides is 2. The van der Waals surface area contributed by atoms with Gasteiger partial charge in [0.2, 0.25) is 5.91 Å². The summed E-state index contributed by atoms with van der Waals surface area (Å²) in [6.45, 7) is 2.21. The molecular formula is C20H20ClN3O2S. The van der Waals surface area contributed by atoms with E-state index in [0.29, 0.717) is 10.6 Å².